The van der Waals surface area contributed by atoms with Crippen LogP contribution in [-0.4, -0.2) is 29.8 Å². The fraction of sp³-hybridized carbons (Fsp3) is 0.250. The van der Waals surface area contributed by atoms with Crippen LogP contribution in [0.25, 0.3) is 0 Å². The Morgan fingerprint density at radius 1 is 1.16 bits per heavy atom. The first-order valence-corrected chi connectivity index (χ1v) is 8.31. The van der Waals surface area contributed by atoms with Gasteiger partial charge in [0.2, 0.25) is 5.91 Å². The van der Waals surface area contributed by atoms with Crippen molar-refractivity contribution < 1.29 is 9.59 Å². The predicted molar refractivity (Wildman–Crippen MR) is 93.6 cm³/mol. The van der Waals surface area contributed by atoms with Gasteiger partial charge in [0.25, 0.3) is 5.91 Å². The molecule has 1 heterocycles. The molecule has 25 heavy (non-hydrogen) atoms. The molecule has 2 aromatic carbocycles. The van der Waals surface area contributed by atoms with Crippen LogP contribution < -0.4 is 5.32 Å². The maximum atomic E-state index is 12.6. The van der Waals surface area contributed by atoms with Crippen LogP contribution in [0, 0.1) is 11.3 Å². The van der Waals surface area contributed by atoms with Gasteiger partial charge in [-0.05, 0) is 36.2 Å². The molecule has 1 aliphatic rings. The van der Waals surface area contributed by atoms with Crippen LogP contribution >= 0.6 is 0 Å². The SMILES string of the molecule is N#Cc1ccc(C(=O)N[C@H](CN2CCCC2=O)c2ccccc2)cc1. The number of rotatable bonds is 5. The quantitative estimate of drug-likeness (QED) is 0.914. The highest BCUT2D eigenvalue weighted by Gasteiger charge is 2.25. The maximum Gasteiger partial charge on any atom is 0.251 e. The number of carbonyl (C=O) groups excluding carboxylic acids is 2. The lowest BCUT2D eigenvalue weighted by atomic mass is 10.1. The van der Waals surface area contributed by atoms with E-state index in [1.54, 1.807) is 29.2 Å². The predicted octanol–water partition coefficient (Wildman–Crippen LogP) is 2.65. The molecule has 0 unspecified atom stereocenters. The van der Waals surface area contributed by atoms with Gasteiger partial charge in [0.15, 0.2) is 0 Å². The van der Waals surface area contributed by atoms with E-state index in [-0.39, 0.29) is 17.9 Å². The van der Waals surface area contributed by atoms with Crippen molar-refractivity contribution in [3.8, 4) is 6.07 Å². The van der Waals surface area contributed by atoms with Crippen LogP contribution in [0.4, 0.5) is 0 Å². The molecule has 0 radical (unpaired) electrons. The number of benzene rings is 2. The van der Waals surface area contributed by atoms with Crippen molar-refractivity contribution in [2.75, 3.05) is 13.1 Å². The highest BCUT2D eigenvalue weighted by molar-refractivity contribution is 5.94. The lowest BCUT2D eigenvalue weighted by Gasteiger charge is -2.25. The molecular weight excluding hydrogens is 314 g/mol. The topological polar surface area (TPSA) is 73.2 Å². The fourth-order valence-electron chi connectivity index (χ4n) is 2.97. The van der Waals surface area contributed by atoms with Gasteiger partial charge in [-0.3, -0.25) is 9.59 Å². The third-order valence-electron chi connectivity index (χ3n) is 4.36. The van der Waals surface area contributed by atoms with E-state index in [1.165, 1.54) is 0 Å². The first-order chi connectivity index (χ1) is 12.2. The second kappa shape index (κ2) is 7.63. The van der Waals surface area contributed by atoms with E-state index in [4.69, 9.17) is 5.26 Å². The Labute approximate surface area is 146 Å². The molecule has 0 aromatic heterocycles. The summed E-state index contributed by atoms with van der Waals surface area (Å²) >= 11 is 0. The van der Waals surface area contributed by atoms with Crippen LogP contribution in [0.5, 0.6) is 0 Å². The molecule has 126 valence electrons. The largest absolute Gasteiger partial charge is 0.343 e. The minimum absolute atomic E-state index is 0.133. The van der Waals surface area contributed by atoms with Gasteiger partial charge in [-0.25, -0.2) is 0 Å². The average Bonchev–Trinajstić information content (AvgIpc) is 3.06. The number of nitriles is 1. The van der Waals surface area contributed by atoms with Crippen LogP contribution in [0.1, 0.15) is 40.4 Å². The summed E-state index contributed by atoms with van der Waals surface area (Å²) < 4.78 is 0. The van der Waals surface area contributed by atoms with Gasteiger partial charge in [-0.15, -0.1) is 0 Å². The highest BCUT2D eigenvalue weighted by atomic mass is 16.2. The van der Waals surface area contributed by atoms with Crippen molar-refractivity contribution in [1.29, 1.82) is 5.26 Å². The van der Waals surface area contributed by atoms with E-state index in [1.807, 2.05) is 36.4 Å². The molecule has 1 saturated heterocycles. The zero-order valence-electron chi connectivity index (χ0n) is 13.8. The second-order valence-corrected chi connectivity index (χ2v) is 6.07. The summed E-state index contributed by atoms with van der Waals surface area (Å²) in [6.45, 7) is 1.19. The van der Waals surface area contributed by atoms with Gasteiger partial charge in [-0.2, -0.15) is 5.26 Å². The smallest absolute Gasteiger partial charge is 0.251 e. The van der Waals surface area contributed by atoms with Crippen LogP contribution in [0.3, 0.4) is 0 Å². The van der Waals surface area contributed by atoms with E-state index >= 15 is 0 Å². The molecule has 3 rings (SSSR count). The van der Waals surface area contributed by atoms with Gasteiger partial charge < -0.3 is 10.2 Å². The summed E-state index contributed by atoms with van der Waals surface area (Å²) in [5, 5.41) is 11.9. The normalized spacial score (nSPS) is 14.8. The van der Waals surface area contributed by atoms with Gasteiger partial charge in [0, 0.05) is 25.1 Å². The van der Waals surface area contributed by atoms with Crippen LogP contribution in [-0.2, 0) is 4.79 Å². The molecule has 2 aromatic rings. The van der Waals surface area contributed by atoms with E-state index in [9.17, 15) is 9.59 Å². The number of likely N-dealkylation sites (tertiary alicyclic amines) is 1. The number of nitrogens with one attached hydrogen (secondary N) is 1. The summed E-state index contributed by atoms with van der Waals surface area (Å²) in [5.41, 5.74) is 1.97. The lowest BCUT2D eigenvalue weighted by molar-refractivity contribution is -0.128. The maximum absolute atomic E-state index is 12.6. The standard InChI is InChI=1S/C20H19N3O2/c21-13-15-8-10-17(11-9-15)20(25)22-18(16-5-2-1-3-6-16)14-23-12-4-7-19(23)24/h1-3,5-6,8-11,18H,4,7,12,14H2,(H,22,25)/t18-/m1/s1. The Morgan fingerprint density at radius 2 is 1.88 bits per heavy atom. The first kappa shape index (κ1) is 16.7. The van der Waals surface area contributed by atoms with E-state index in [0.29, 0.717) is 24.1 Å². The summed E-state index contributed by atoms with van der Waals surface area (Å²) in [5.74, 6) is -0.0847. The molecule has 1 N–H and O–H groups in total. The van der Waals surface area contributed by atoms with Crippen molar-refractivity contribution in [3.63, 3.8) is 0 Å². The Hall–Kier alpha value is -3.13. The van der Waals surface area contributed by atoms with Gasteiger partial charge in [-0.1, -0.05) is 30.3 Å². The number of hydrogen-bond acceptors (Lipinski definition) is 3. The summed E-state index contributed by atoms with van der Waals surface area (Å²) in [4.78, 5) is 26.3. The molecule has 1 atom stereocenters. The third kappa shape index (κ3) is 4.04. The highest BCUT2D eigenvalue weighted by Crippen LogP contribution is 2.19. The first-order valence-electron chi connectivity index (χ1n) is 8.31. The summed E-state index contributed by atoms with van der Waals surface area (Å²) in [6, 6.07) is 17.9. The molecule has 0 spiro atoms. The van der Waals surface area contributed by atoms with E-state index in [0.717, 1.165) is 18.5 Å². The monoisotopic (exact) mass is 333 g/mol. The number of carbonyl (C=O) groups is 2. The molecule has 0 bridgehead atoms. The molecule has 5 nitrogen and oxygen atoms in total. The molecule has 0 saturated carbocycles. The van der Waals surface area contributed by atoms with Gasteiger partial charge in [0.05, 0.1) is 17.7 Å². The van der Waals surface area contributed by atoms with E-state index < -0.39 is 0 Å². The Balaban J connectivity index is 1.77. The second-order valence-electron chi connectivity index (χ2n) is 6.07. The number of hydrogen-bond donors (Lipinski definition) is 1. The van der Waals surface area contributed by atoms with Gasteiger partial charge in [0.1, 0.15) is 0 Å². The number of amides is 2. The average molecular weight is 333 g/mol. The minimum atomic E-state index is -0.272. The zero-order chi connectivity index (χ0) is 17.6. The van der Waals surface area contributed by atoms with Crippen molar-refractivity contribution >= 4 is 11.8 Å². The molecule has 1 fully saturated rings. The summed E-state index contributed by atoms with van der Waals surface area (Å²) in [7, 11) is 0. The number of nitrogens with zero attached hydrogens (tertiary/aromatic N) is 2. The Bertz CT molecular complexity index is 794. The van der Waals surface area contributed by atoms with Crippen molar-refractivity contribution in [2.45, 2.75) is 18.9 Å². The van der Waals surface area contributed by atoms with Crippen molar-refractivity contribution in [1.82, 2.24) is 10.2 Å². The van der Waals surface area contributed by atoms with E-state index in [2.05, 4.69) is 5.32 Å². The fourth-order valence-corrected chi connectivity index (χ4v) is 2.97. The molecule has 1 aliphatic heterocycles. The Morgan fingerprint density at radius 3 is 2.48 bits per heavy atom. The van der Waals surface area contributed by atoms with Crippen LogP contribution in [0.15, 0.2) is 54.6 Å². The minimum Gasteiger partial charge on any atom is -0.343 e. The molecule has 2 amide bonds. The van der Waals surface area contributed by atoms with Crippen LogP contribution in [0.2, 0.25) is 0 Å². The summed E-state index contributed by atoms with van der Waals surface area (Å²) in [6.07, 6.45) is 1.44. The van der Waals surface area contributed by atoms with Crippen molar-refractivity contribution in [2.24, 2.45) is 0 Å². The van der Waals surface area contributed by atoms with Gasteiger partial charge >= 0.3 is 0 Å². The molecule has 5 heteroatoms. The Kier molecular flexibility index (Phi) is 5.10. The third-order valence-corrected chi connectivity index (χ3v) is 4.36. The zero-order valence-corrected chi connectivity index (χ0v) is 13.8. The molecule has 0 aliphatic carbocycles. The molecular formula is C20H19N3O2. The van der Waals surface area contributed by atoms with Crippen molar-refractivity contribution in [3.05, 3.63) is 71.3 Å². The lowest BCUT2D eigenvalue weighted by Crippen LogP contribution is -2.38.